The van der Waals surface area contributed by atoms with E-state index in [2.05, 4.69) is 32.4 Å². The van der Waals surface area contributed by atoms with Crippen LogP contribution in [0.4, 0.5) is 0 Å². The van der Waals surface area contributed by atoms with Crippen molar-refractivity contribution in [1.29, 1.82) is 0 Å². The number of aryl methyl sites for hydroxylation is 1. The molecule has 0 spiro atoms. The Bertz CT molecular complexity index is 470. The number of thiazole rings is 1. The first-order chi connectivity index (χ1) is 7.81. The van der Waals surface area contributed by atoms with Gasteiger partial charge in [0.05, 0.1) is 5.69 Å². The number of alkyl halides is 1. The van der Waals surface area contributed by atoms with Crippen molar-refractivity contribution in [3.05, 3.63) is 39.8 Å². The highest BCUT2D eigenvalue weighted by Gasteiger charge is 2.07. The topological polar surface area (TPSA) is 12.9 Å². The molecular weight excluding hydrogens is 306 g/mol. The molecule has 0 atom stereocenters. The van der Waals surface area contributed by atoms with Crippen LogP contribution in [0, 0.1) is 0 Å². The highest BCUT2D eigenvalue weighted by Crippen LogP contribution is 2.30. The molecule has 1 aromatic carbocycles. The first-order valence-electron chi connectivity index (χ1n) is 5.06. The van der Waals surface area contributed by atoms with Gasteiger partial charge in [-0.1, -0.05) is 34.1 Å². The predicted octanol–water partition coefficient (Wildman–Crippen LogP) is 4.74. The fraction of sp³-hybridized carbons (Fsp3) is 0.250. The Morgan fingerprint density at radius 1 is 1.31 bits per heavy atom. The molecule has 0 aliphatic heterocycles. The van der Waals surface area contributed by atoms with Crippen LogP contribution in [-0.4, -0.2) is 10.9 Å². The van der Waals surface area contributed by atoms with Gasteiger partial charge in [-0.15, -0.1) is 22.9 Å². The number of aromatic nitrogens is 1. The van der Waals surface area contributed by atoms with Crippen LogP contribution in [0.15, 0.2) is 34.1 Å². The summed E-state index contributed by atoms with van der Waals surface area (Å²) in [4.78, 5) is 4.61. The largest absolute Gasteiger partial charge is 0.241 e. The summed E-state index contributed by atoms with van der Waals surface area (Å²) in [6.45, 7) is 0. The SMILES string of the molecule is ClCCCc1csc(-c2ccccc2Br)n1. The summed E-state index contributed by atoms with van der Waals surface area (Å²) >= 11 is 10.9. The quantitative estimate of drug-likeness (QED) is 0.742. The molecule has 0 bridgehead atoms. The molecule has 1 aromatic heterocycles. The fourth-order valence-corrected chi connectivity index (χ4v) is 3.06. The molecule has 1 nitrogen and oxygen atoms in total. The van der Waals surface area contributed by atoms with Crippen LogP contribution < -0.4 is 0 Å². The van der Waals surface area contributed by atoms with E-state index in [-0.39, 0.29) is 0 Å². The van der Waals surface area contributed by atoms with Crippen molar-refractivity contribution >= 4 is 38.9 Å². The zero-order chi connectivity index (χ0) is 11.4. The van der Waals surface area contributed by atoms with Gasteiger partial charge in [0.2, 0.25) is 0 Å². The molecule has 2 aromatic rings. The van der Waals surface area contributed by atoms with Gasteiger partial charge in [-0.3, -0.25) is 0 Å². The second kappa shape index (κ2) is 5.80. The second-order valence-corrected chi connectivity index (χ2v) is 5.51. The zero-order valence-corrected chi connectivity index (χ0v) is 11.8. The van der Waals surface area contributed by atoms with Crippen molar-refractivity contribution in [1.82, 2.24) is 4.98 Å². The minimum Gasteiger partial charge on any atom is -0.241 e. The molecule has 84 valence electrons. The van der Waals surface area contributed by atoms with Crippen LogP contribution in [-0.2, 0) is 6.42 Å². The van der Waals surface area contributed by atoms with Crippen LogP contribution in [0.3, 0.4) is 0 Å². The first-order valence-corrected chi connectivity index (χ1v) is 7.27. The van der Waals surface area contributed by atoms with Crippen molar-refractivity contribution in [2.24, 2.45) is 0 Å². The normalized spacial score (nSPS) is 10.6. The molecule has 16 heavy (non-hydrogen) atoms. The lowest BCUT2D eigenvalue weighted by Gasteiger charge is -1.98. The summed E-state index contributed by atoms with van der Waals surface area (Å²) in [5.74, 6) is 0.696. The van der Waals surface area contributed by atoms with E-state index in [1.54, 1.807) is 11.3 Å². The van der Waals surface area contributed by atoms with Gasteiger partial charge in [0.15, 0.2) is 0 Å². The maximum atomic E-state index is 5.67. The van der Waals surface area contributed by atoms with Gasteiger partial charge in [0.1, 0.15) is 5.01 Å². The van der Waals surface area contributed by atoms with E-state index in [1.807, 2.05) is 18.2 Å². The summed E-state index contributed by atoms with van der Waals surface area (Å²) in [6, 6.07) is 8.15. The monoisotopic (exact) mass is 315 g/mol. The van der Waals surface area contributed by atoms with Crippen molar-refractivity contribution in [2.45, 2.75) is 12.8 Å². The first kappa shape index (κ1) is 12.1. The average molecular weight is 317 g/mol. The summed E-state index contributed by atoms with van der Waals surface area (Å²) in [5, 5.41) is 3.18. The van der Waals surface area contributed by atoms with Crippen LogP contribution in [0.5, 0.6) is 0 Å². The maximum Gasteiger partial charge on any atom is 0.124 e. The molecule has 0 N–H and O–H groups in total. The Balaban J connectivity index is 2.22. The van der Waals surface area contributed by atoms with Crippen molar-refractivity contribution < 1.29 is 0 Å². The number of hydrogen-bond acceptors (Lipinski definition) is 2. The van der Waals surface area contributed by atoms with Gasteiger partial charge in [-0.25, -0.2) is 4.98 Å². The standard InChI is InChI=1S/C12H11BrClNS/c13-11-6-2-1-5-10(11)12-15-9(8-16-12)4-3-7-14/h1-2,5-6,8H,3-4,7H2. The van der Waals surface area contributed by atoms with Crippen LogP contribution in [0.1, 0.15) is 12.1 Å². The maximum absolute atomic E-state index is 5.67. The Morgan fingerprint density at radius 2 is 2.12 bits per heavy atom. The number of hydrogen-bond donors (Lipinski definition) is 0. The van der Waals surface area contributed by atoms with Crippen LogP contribution in [0.2, 0.25) is 0 Å². The summed E-state index contributed by atoms with van der Waals surface area (Å²) in [7, 11) is 0. The lowest BCUT2D eigenvalue weighted by atomic mass is 10.2. The van der Waals surface area contributed by atoms with E-state index >= 15 is 0 Å². The second-order valence-electron chi connectivity index (χ2n) is 3.42. The molecule has 0 saturated carbocycles. The van der Waals surface area contributed by atoms with Gasteiger partial charge in [-0.05, 0) is 18.9 Å². The fourth-order valence-electron chi connectivity index (χ4n) is 1.43. The molecular formula is C12H11BrClNS. The molecule has 2 rings (SSSR count). The summed E-state index contributed by atoms with van der Waals surface area (Å²) in [5.41, 5.74) is 2.29. The third-order valence-electron chi connectivity index (χ3n) is 2.22. The molecule has 0 unspecified atom stereocenters. The minimum absolute atomic E-state index is 0.696. The number of halogens is 2. The van der Waals surface area contributed by atoms with Crippen molar-refractivity contribution in [3.8, 4) is 10.6 Å². The minimum atomic E-state index is 0.696. The highest BCUT2D eigenvalue weighted by atomic mass is 79.9. The Hall–Kier alpha value is -0.380. The van der Waals surface area contributed by atoms with Gasteiger partial charge < -0.3 is 0 Å². The summed E-state index contributed by atoms with van der Waals surface area (Å²) in [6.07, 6.45) is 1.95. The zero-order valence-electron chi connectivity index (χ0n) is 8.62. The van der Waals surface area contributed by atoms with E-state index in [1.165, 1.54) is 0 Å². The molecule has 0 amide bonds. The molecule has 0 radical (unpaired) electrons. The lowest BCUT2D eigenvalue weighted by Crippen LogP contribution is -1.86. The van der Waals surface area contributed by atoms with E-state index in [0.29, 0.717) is 5.88 Å². The van der Waals surface area contributed by atoms with Gasteiger partial charge in [0, 0.05) is 21.3 Å². The molecule has 1 heterocycles. The summed E-state index contributed by atoms with van der Waals surface area (Å²) < 4.78 is 1.09. The third-order valence-corrected chi connectivity index (χ3v) is 4.11. The van der Waals surface area contributed by atoms with Crippen molar-refractivity contribution in [2.75, 3.05) is 5.88 Å². The van der Waals surface area contributed by atoms with Gasteiger partial charge in [-0.2, -0.15) is 0 Å². The van der Waals surface area contributed by atoms with Crippen LogP contribution >= 0.6 is 38.9 Å². The molecule has 0 aliphatic carbocycles. The average Bonchev–Trinajstić information content (AvgIpc) is 2.75. The highest BCUT2D eigenvalue weighted by molar-refractivity contribution is 9.10. The van der Waals surface area contributed by atoms with E-state index in [0.717, 1.165) is 33.6 Å². The third kappa shape index (κ3) is 2.84. The van der Waals surface area contributed by atoms with Gasteiger partial charge >= 0.3 is 0 Å². The molecule has 0 saturated heterocycles. The van der Waals surface area contributed by atoms with E-state index < -0.39 is 0 Å². The number of rotatable bonds is 4. The molecule has 0 fully saturated rings. The Morgan fingerprint density at radius 3 is 2.88 bits per heavy atom. The number of benzene rings is 1. The van der Waals surface area contributed by atoms with Gasteiger partial charge in [0.25, 0.3) is 0 Å². The molecule has 4 heteroatoms. The van der Waals surface area contributed by atoms with Crippen molar-refractivity contribution in [3.63, 3.8) is 0 Å². The van der Waals surface area contributed by atoms with E-state index in [9.17, 15) is 0 Å². The molecule has 0 aliphatic rings. The Kier molecular flexibility index (Phi) is 4.38. The Labute approximate surface area is 113 Å². The smallest absolute Gasteiger partial charge is 0.124 e. The number of nitrogens with zero attached hydrogens (tertiary/aromatic N) is 1. The van der Waals surface area contributed by atoms with E-state index in [4.69, 9.17) is 11.6 Å². The lowest BCUT2D eigenvalue weighted by molar-refractivity contribution is 0.900. The predicted molar refractivity (Wildman–Crippen MR) is 74.3 cm³/mol. The van der Waals surface area contributed by atoms with Crippen LogP contribution in [0.25, 0.3) is 10.6 Å².